The summed E-state index contributed by atoms with van der Waals surface area (Å²) in [5.74, 6) is 1.98. The molecule has 0 saturated carbocycles. The number of likely N-dealkylation sites (tertiary alicyclic amines) is 1. The number of halogens is 1. The maximum absolute atomic E-state index is 5.14. The van der Waals surface area contributed by atoms with E-state index >= 15 is 0 Å². The van der Waals surface area contributed by atoms with Gasteiger partial charge in [-0.25, -0.2) is 4.99 Å². The predicted octanol–water partition coefficient (Wildman–Crippen LogP) is 3.10. The monoisotopic (exact) mass is 498 g/mol. The maximum Gasteiger partial charge on any atom is 0.248 e. The number of benzene rings is 1. The number of aliphatic imine (C=N–C) groups is 1. The van der Waals surface area contributed by atoms with Crippen LogP contribution in [0.2, 0.25) is 0 Å². The molecule has 1 saturated heterocycles. The van der Waals surface area contributed by atoms with E-state index in [0.29, 0.717) is 30.3 Å². The molecule has 1 aliphatic rings. The average molecular weight is 498 g/mol. The lowest BCUT2D eigenvalue weighted by atomic mass is 9.97. The van der Waals surface area contributed by atoms with Gasteiger partial charge in [-0.3, -0.25) is 4.90 Å². The summed E-state index contributed by atoms with van der Waals surface area (Å²) >= 11 is 0. The molecule has 8 heteroatoms. The van der Waals surface area contributed by atoms with E-state index in [1.165, 1.54) is 5.56 Å². The summed E-state index contributed by atoms with van der Waals surface area (Å²) in [6, 6.07) is 11.6. The second-order valence-corrected chi connectivity index (χ2v) is 7.10. The van der Waals surface area contributed by atoms with Crippen molar-refractivity contribution in [1.29, 1.82) is 0 Å². The Kier molecular flexibility index (Phi) is 9.17. The lowest BCUT2D eigenvalue weighted by Gasteiger charge is -2.38. The number of rotatable bonds is 6. The number of hydrogen-bond donors (Lipinski definition) is 2. The molecule has 2 aromatic rings. The molecule has 3 rings (SSSR count). The van der Waals surface area contributed by atoms with Crippen LogP contribution in [-0.2, 0) is 13.1 Å². The van der Waals surface area contributed by atoms with Crippen molar-refractivity contribution < 1.29 is 4.52 Å². The zero-order chi connectivity index (χ0) is 19.1. The molecule has 2 N–H and O–H groups in total. The third-order valence-corrected chi connectivity index (χ3v) is 4.87. The van der Waals surface area contributed by atoms with Gasteiger partial charge in [-0.1, -0.05) is 35.5 Å². The summed E-state index contributed by atoms with van der Waals surface area (Å²) in [6.07, 6.45) is 2.19. The Morgan fingerprint density at radius 1 is 1.32 bits per heavy atom. The van der Waals surface area contributed by atoms with Crippen LogP contribution in [-0.4, -0.2) is 46.2 Å². The Hall–Kier alpha value is -1.68. The van der Waals surface area contributed by atoms with E-state index in [0.717, 1.165) is 38.4 Å². The standard InChI is InChI=1S/C20H30N6O.HI/c1-4-21-20(22-13-19-23-16(3)25-27-19)24-18-10-11-26(15(2)12-18)14-17-8-6-5-7-9-17;/h5-9,15,18H,4,10-14H2,1-3H3,(H2,21,22,24);1H. The Balaban J connectivity index is 0.00000280. The molecule has 0 bridgehead atoms. The van der Waals surface area contributed by atoms with Gasteiger partial charge in [0.25, 0.3) is 0 Å². The molecular weight excluding hydrogens is 467 g/mol. The van der Waals surface area contributed by atoms with Gasteiger partial charge in [-0.05, 0) is 39.2 Å². The number of nitrogens with one attached hydrogen (secondary N) is 2. The normalized spacial score (nSPS) is 20.5. The van der Waals surface area contributed by atoms with E-state index in [4.69, 9.17) is 4.52 Å². The molecule has 1 fully saturated rings. The molecule has 0 radical (unpaired) electrons. The van der Waals surface area contributed by atoms with Crippen molar-refractivity contribution in [3.63, 3.8) is 0 Å². The SMILES string of the molecule is CCNC(=NCc1nc(C)no1)NC1CCN(Cc2ccccc2)C(C)C1.I. The van der Waals surface area contributed by atoms with E-state index in [-0.39, 0.29) is 24.0 Å². The highest BCUT2D eigenvalue weighted by Gasteiger charge is 2.26. The number of guanidine groups is 1. The summed E-state index contributed by atoms with van der Waals surface area (Å²) in [5.41, 5.74) is 1.38. The van der Waals surface area contributed by atoms with E-state index in [2.05, 4.69) is 74.8 Å². The molecule has 0 aliphatic carbocycles. The second-order valence-electron chi connectivity index (χ2n) is 7.10. The van der Waals surface area contributed by atoms with Crippen LogP contribution in [0, 0.1) is 6.92 Å². The van der Waals surface area contributed by atoms with Crippen LogP contribution in [0.25, 0.3) is 0 Å². The molecule has 1 aromatic heterocycles. The first kappa shape index (κ1) is 22.6. The predicted molar refractivity (Wildman–Crippen MR) is 122 cm³/mol. The van der Waals surface area contributed by atoms with E-state index in [9.17, 15) is 0 Å². The summed E-state index contributed by atoms with van der Waals surface area (Å²) < 4.78 is 5.14. The van der Waals surface area contributed by atoms with Crippen LogP contribution >= 0.6 is 24.0 Å². The highest BCUT2D eigenvalue weighted by molar-refractivity contribution is 14.0. The highest BCUT2D eigenvalue weighted by atomic mass is 127. The molecule has 2 heterocycles. The van der Waals surface area contributed by atoms with Crippen molar-refractivity contribution >= 4 is 29.9 Å². The van der Waals surface area contributed by atoms with E-state index in [1.54, 1.807) is 0 Å². The van der Waals surface area contributed by atoms with Gasteiger partial charge in [-0.15, -0.1) is 24.0 Å². The van der Waals surface area contributed by atoms with Crippen molar-refractivity contribution in [3.8, 4) is 0 Å². The smallest absolute Gasteiger partial charge is 0.248 e. The topological polar surface area (TPSA) is 78.6 Å². The van der Waals surface area contributed by atoms with Crippen molar-refractivity contribution in [2.45, 2.75) is 58.8 Å². The number of aromatic nitrogens is 2. The van der Waals surface area contributed by atoms with Gasteiger partial charge in [0.2, 0.25) is 5.89 Å². The van der Waals surface area contributed by atoms with Gasteiger partial charge in [0, 0.05) is 31.7 Å². The van der Waals surface area contributed by atoms with Crippen molar-refractivity contribution in [2.75, 3.05) is 13.1 Å². The minimum absolute atomic E-state index is 0. The molecule has 28 heavy (non-hydrogen) atoms. The molecule has 154 valence electrons. The average Bonchev–Trinajstić information content (AvgIpc) is 3.08. The Morgan fingerprint density at radius 2 is 2.11 bits per heavy atom. The third kappa shape index (κ3) is 6.73. The lowest BCUT2D eigenvalue weighted by Crippen LogP contribution is -2.51. The molecule has 0 spiro atoms. The quantitative estimate of drug-likeness (QED) is 0.362. The zero-order valence-electron chi connectivity index (χ0n) is 16.9. The number of aryl methyl sites for hydroxylation is 1. The van der Waals surface area contributed by atoms with Crippen LogP contribution in [0.15, 0.2) is 39.8 Å². The largest absolute Gasteiger partial charge is 0.357 e. The van der Waals surface area contributed by atoms with Crippen LogP contribution in [0.3, 0.4) is 0 Å². The number of hydrogen-bond acceptors (Lipinski definition) is 5. The summed E-state index contributed by atoms with van der Waals surface area (Å²) in [7, 11) is 0. The summed E-state index contributed by atoms with van der Waals surface area (Å²) in [5, 5.41) is 10.7. The second kappa shape index (κ2) is 11.4. The maximum atomic E-state index is 5.14. The van der Waals surface area contributed by atoms with Crippen molar-refractivity contribution in [1.82, 2.24) is 25.7 Å². The summed E-state index contributed by atoms with van der Waals surface area (Å²) in [6.45, 7) is 9.48. The van der Waals surface area contributed by atoms with Gasteiger partial charge < -0.3 is 15.2 Å². The Bertz CT molecular complexity index is 735. The van der Waals surface area contributed by atoms with Crippen LogP contribution < -0.4 is 10.6 Å². The number of nitrogens with zero attached hydrogens (tertiary/aromatic N) is 4. The van der Waals surface area contributed by atoms with Gasteiger partial charge in [0.15, 0.2) is 11.8 Å². The van der Waals surface area contributed by atoms with Gasteiger partial charge in [-0.2, -0.15) is 4.98 Å². The van der Waals surface area contributed by atoms with Crippen molar-refractivity contribution in [2.24, 2.45) is 4.99 Å². The lowest BCUT2D eigenvalue weighted by molar-refractivity contribution is 0.134. The molecule has 1 aliphatic heterocycles. The fourth-order valence-corrected chi connectivity index (χ4v) is 3.47. The van der Waals surface area contributed by atoms with E-state index in [1.807, 2.05) is 6.92 Å². The molecular formula is C20H31IN6O. The molecule has 2 atom stereocenters. The summed E-state index contributed by atoms with van der Waals surface area (Å²) in [4.78, 5) is 11.3. The van der Waals surface area contributed by atoms with Crippen molar-refractivity contribution in [3.05, 3.63) is 47.6 Å². The van der Waals surface area contributed by atoms with Gasteiger partial charge in [0.05, 0.1) is 0 Å². The highest BCUT2D eigenvalue weighted by Crippen LogP contribution is 2.20. The zero-order valence-corrected chi connectivity index (χ0v) is 19.2. The minimum Gasteiger partial charge on any atom is -0.357 e. The fourth-order valence-electron chi connectivity index (χ4n) is 3.47. The first-order valence-electron chi connectivity index (χ1n) is 9.76. The minimum atomic E-state index is 0. The van der Waals surface area contributed by atoms with Crippen LogP contribution in [0.4, 0.5) is 0 Å². The molecule has 7 nitrogen and oxygen atoms in total. The van der Waals surface area contributed by atoms with Crippen LogP contribution in [0.1, 0.15) is 44.0 Å². The van der Waals surface area contributed by atoms with Gasteiger partial charge >= 0.3 is 0 Å². The molecule has 0 amide bonds. The van der Waals surface area contributed by atoms with Gasteiger partial charge in [0.1, 0.15) is 6.54 Å². The molecule has 1 aromatic carbocycles. The Labute approximate surface area is 184 Å². The first-order valence-corrected chi connectivity index (χ1v) is 9.76. The van der Waals surface area contributed by atoms with Crippen LogP contribution in [0.5, 0.6) is 0 Å². The fraction of sp³-hybridized carbons (Fsp3) is 0.550. The number of piperidine rings is 1. The third-order valence-electron chi connectivity index (χ3n) is 4.87. The molecule has 2 unspecified atom stereocenters. The first-order chi connectivity index (χ1) is 13.1. The van der Waals surface area contributed by atoms with E-state index < -0.39 is 0 Å². The Morgan fingerprint density at radius 3 is 2.75 bits per heavy atom.